The fourth-order valence-electron chi connectivity index (χ4n) is 1.06. The van der Waals surface area contributed by atoms with Crippen LogP contribution in [0.4, 0.5) is 4.79 Å². The number of hydrogen-bond acceptors (Lipinski definition) is 3. The Morgan fingerprint density at radius 3 is 2.69 bits per heavy atom. The van der Waals surface area contributed by atoms with Gasteiger partial charge in [-0.05, 0) is 26.0 Å². The zero-order valence-corrected chi connectivity index (χ0v) is 9.11. The first kappa shape index (κ1) is 12.1. The van der Waals surface area contributed by atoms with Gasteiger partial charge in [0.1, 0.15) is 17.6 Å². The lowest BCUT2D eigenvalue weighted by atomic mass is 10.3. The number of carboxylic acids is 1. The van der Waals surface area contributed by atoms with Crippen LogP contribution in [0.5, 0.6) is 0 Å². The number of carbonyl (C=O) groups excluding carboxylic acids is 1. The summed E-state index contributed by atoms with van der Waals surface area (Å²) in [4.78, 5) is 21.7. The minimum atomic E-state index is -1.08. The number of aryl methyl sites for hydroxylation is 1. The minimum Gasteiger partial charge on any atom is -0.480 e. The van der Waals surface area contributed by atoms with Gasteiger partial charge >= 0.3 is 12.0 Å². The first-order valence-corrected chi connectivity index (χ1v) is 4.81. The van der Waals surface area contributed by atoms with Crippen LogP contribution in [-0.4, -0.2) is 23.1 Å². The summed E-state index contributed by atoms with van der Waals surface area (Å²) in [6, 6.07) is 2.08. The van der Waals surface area contributed by atoms with E-state index in [9.17, 15) is 9.59 Å². The van der Waals surface area contributed by atoms with Crippen molar-refractivity contribution in [1.82, 2.24) is 10.6 Å². The molecule has 1 atom stereocenters. The Hall–Kier alpha value is -1.98. The van der Waals surface area contributed by atoms with E-state index in [0.717, 1.165) is 5.76 Å². The molecule has 6 nitrogen and oxygen atoms in total. The van der Waals surface area contributed by atoms with Crippen molar-refractivity contribution < 1.29 is 19.1 Å². The molecule has 0 aliphatic heterocycles. The van der Waals surface area contributed by atoms with Gasteiger partial charge in [0, 0.05) is 0 Å². The van der Waals surface area contributed by atoms with E-state index in [0.29, 0.717) is 5.76 Å². The molecule has 1 heterocycles. The molecular weight excluding hydrogens is 212 g/mol. The van der Waals surface area contributed by atoms with E-state index in [1.165, 1.54) is 6.92 Å². The molecule has 2 amide bonds. The Morgan fingerprint density at radius 1 is 1.50 bits per heavy atom. The number of amides is 2. The lowest BCUT2D eigenvalue weighted by Crippen LogP contribution is -2.44. The number of urea groups is 1. The molecule has 0 saturated carbocycles. The van der Waals surface area contributed by atoms with Gasteiger partial charge in [-0.25, -0.2) is 4.79 Å². The van der Waals surface area contributed by atoms with Crippen molar-refractivity contribution in [2.24, 2.45) is 0 Å². The largest absolute Gasteiger partial charge is 0.480 e. The Labute approximate surface area is 92.6 Å². The molecular formula is C10H14N2O4. The Balaban J connectivity index is 2.33. The fourth-order valence-corrected chi connectivity index (χ4v) is 1.06. The molecule has 1 rings (SSSR count). The predicted octanol–water partition coefficient (Wildman–Crippen LogP) is 0.860. The van der Waals surface area contributed by atoms with E-state index >= 15 is 0 Å². The van der Waals surface area contributed by atoms with Crippen molar-refractivity contribution in [1.29, 1.82) is 0 Å². The maximum absolute atomic E-state index is 11.2. The second-order valence-corrected chi connectivity index (χ2v) is 3.40. The van der Waals surface area contributed by atoms with E-state index in [2.05, 4.69) is 10.6 Å². The van der Waals surface area contributed by atoms with Gasteiger partial charge in [-0.2, -0.15) is 0 Å². The van der Waals surface area contributed by atoms with Crippen molar-refractivity contribution in [3.8, 4) is 0 Å². The summed E-state index contributed by atoms with van der Waals surface area (Å²) in [5, 5.41) is 13.3. The quantitative estimate of drug-likeness (QED) is 0.710. The highest BCUT2D eigenvalue weighted by molar-refractivity contribution is 5.82. The van der Waals surface area contributed by atoms with Gasteiger partial charge < -0.3 is 20.2 Å². The number of aliphatic carboxylic acids is 1. The molecule has 6 heteroatoms. The molecule has 3 N–H and O–H groups in total. The van der Waals surface area contributed by atoms with Gasteiger partial charge in [0.2, 0.25) is 0 Å². The average molecular weight is 226 g/mol. The first-order valence-electron chi connectivity index (χ1n) is 4.81. The normalized spacial score (nSPS) is 11.9. The maximum Gasteiger partial charge on any atom is 0.325 e. The van der Waals surface area contributed by atoms with Crippen molar-refractivity contribution in [2.75, 3.05) is 0 Å². The van der Waals surface area contributed by atoms with E-state index in [1.54, 1.807) is 19.1 Å². The van der Waals surface area contributed by atoms with Crippen molar-refractivity contribution in [3.05, 3.63) is 23.7 Å². The monoisotopic (exact) mass is 226 g/mol. The number of nitrogens with one attached hydrogen (secondary N) is 2. The molecule has 0 fully saturated rings. The van der Waals surface area contributed by atoms with Crippen LogP contribution in [0.1, 0.15) is 18.4 Å². The summed E-state index contributed by atoms with van der Waals surface area (Å²) >= 11 is 0. The second-order valence-electron chi connectivity index (χ2n) is 3.40. The minimum absolute atomic E-state index is 0.228. The molecule has 0 unspecified atom stereocenters. The summed E-state index contributed by atoms with van der Waals surface area (Å²) in [7, 11) is 0. The Kier molecular flexibility index (Phi) is 3.93. The van der Waals surface area contributed by atoms with Crippen LogP contribution in [0.15, 0.2) is 16.5 Å². The van der Waals surface area contributed by atoms with Gasteiger partial charge in [-0.1, -0.05) is 0 Å². The van der Waals surface area contributed by atoms with Gasteiger partial charge in [0.05, 0.1) is 6.54 Å². The Bertz CT molecular complexity index is 386. The van der Waals surface area contributed by atoms with E-state index in [1.807, 2.05) is 0 Å². The summed E-state index contributed by atoms with van der Waals surface area (Å²) in [6.45, 7) is 3.42. The summed E-state index contributed by atoms with van der Waals surface area (Å²) in [6.07, 6.45) is 0. The standard InChI is InChI=1S/C10H14N2O4/c1-6-3-4-8(16-6)5-11-10(15)12-7(2)9(13)14/h3-4,7H,5H2,1-2H3,(H,13,14)(H2,11,12,15)/t7-/m0/s1. The number of furan rings is 1. The highest BCUT2D eigenvalue weighted by atomic mass is 16.4. The molecule has 1 aromatic heterocycles. The third-order valence-corrected chi connectivity index (χ3v) is 1.94. The molecule has 0 aliphatic carbocycles. The van der Waals surface area contributed by atoms with E-state index in [4.69, 9.17) is 9.52 Å². The third-order valence-electron chi connectivity index (χ3n) is 1.94. The van der Waals surface area contributed by atoms with Gasteiger partial charge in [-0.15, -0.1) is 0 Å². The van der Waals surface area contributed by atoms with Gasteiger partial charge in [0.15, 0.2) is 0 Å². The molecule has 1 aromatic rings. The van der Waals surface area contributed by atoms with Crippen LogP contribution in [0, 0.1) is 6.92 Å². The molecule has 0 spiro atoms. The number of carbonyl (C=O) groups is 2. The van der Waals surface area contributed by atoms with Crippen LogP contribution >= 0.6 is 0 Å². The average Bonchev–Trinajstić information content (AvgIpc) is 2.61. The van der Waals surface area contributed by atoms with Crippen molar-refractivity contribution >= 4 is 12.0 Å². The molecule has 0 aromatic carbocycles. The molecule has 0 bridgehead atoms. The van der Waals surface area contributed by atoms with Gasteiger partial charge in [0.25, 0.3) is 0 Å². The van der Waals surface area contributed by atoms with Gasteiger partial charge in [-0.3, -0.25) is 4.79 Å². The summed E-state index contributed by atoms with van der Waals surface area (Å²) < 4.78 is 5.23. The highest BCUT2D eigenvalue weighted by Crippen LogP contribution is 2.05. The molecule has 0 aliphatic rings. The smallest absolute Gasteiger partial charge is 0.325 e. The summed E-state index contributed by atoms with van der Waals surface area (Å²) in [5.41, 5.74) is 0. The maximum atomic E-state index is 11.2. The number of carboxylic acid groups (broad SMARTS) is 1. The van der Waals surface area contributed by atoms with Crippen molar-refractivity contribution in [3.63, 3.8) is 0 Å². The first-order chi connectivity index (χ1) is 7.49. The van der Waals surface area contributed by atoms with Crippen LogP contribution in [0.2, 0.25) is 0 Å². The summed E-state index contributed by atoms with van der Waals surface area (Å²) in [5.74, 6) is 0.302. The zero-order chi connectivity index (χ0) is 12.1. The van der Waals surface area contributed by atoms with Crippen LogP contribution in [-0.2, 0) is 11.3 Å². The number of hydrogen-bond donors (Lipinski definition) is 3. The zero-order valence-electron chi connectivity index (χ0n) is 9.11. The predicted molar refractivity (Wildman–Crippen MR) is 55.9 cm³/mol. The van der Waals surface area contributed by atoms with Crippen LogP contribution < -0.4 is 10.6 Å². The van der Waals surface area contributed by atoms with Crippen LogP contribution in [0.25, 0.3) is 0 Å². The lowest BCUT2D eigenvalue weighted by Gasteiger charge is -2.09. The van der Waals surface area contributed by atoms with E-state index < -0.39 is 18.0 Å². The topological polar surface area (TPSA) is 91.6 Å². The molecule has 0 saturated heterocycles. The molecule has 88 valence electrons. The second kappa shape index (κ2) is 5.20. The lowest BCUT2D eigenvalue weighted by molar-refractivity contribution is -0.138. The fraction of sp³-hybridized carbons (Fsp3) is 0.400. The molecule has 16 heavy (non-hydrogen) atoms. The molecule has 0 radical (unpaired) electrons. The number of rotatable bonds is 4. The van der Waals surface area contributed by atoms with E-state index in [-0.39, 0.29) is 6.54 Å². The highest BCUT2D eigenvalue weighted by Gasteiger charge is 2.13. The Morgan fingerprint density at radius 2 is 2.19 bits per heavy atom. The van der Waals surface area contributed by atoms with Crippen LogP contribution in [0.3, 0.4) is 0 Å². The third kappa shape index (κ3) is 3.64. The SMILES string of the molecule is Cc1ccc(CNC(=O)N[C@@H](C)C(=O)O)o1. The van der Waals surface area contributed by atoms with Crippen molar-refractivity contribution in [2.45, 2.75) is 26.4 Å².